The number of hydrogen-bond donors (Lipinski definition) is 0. The van der Waals surface area contributed by atoms with Crippen LogP contribution in [-0.4, -0.2) is 40.2 Å². The molecule has 0 bridgehead atoms. The maximum atomic E-state index is 12.3. The van der Waals surface area contributed by atoms with Crippen molar-refractivity contribution in [3.8, 4) is 6.07 Å². The molecule has 0 aliphatic carbocycles. The van der Waals surface area contributed by atoms with Gasteiger partial charge in [-0.2, -0.15) is 5.26 Å². The number of hydrogen-bond acceptors (Lipinski definition) is 6. The zero-order valence-electron chi connectivity index (χ0n) is 15.9. The lowest BCUT2D eigenvalue weighted by atomic mass is 10.1. The summed E-state index contributed by atoms with van der Waals surface area (Å²) in [4.78, 5) is 29.0. The molecule has 0 saturated carbocycles. The Kier molecular flexibility index (Phi) is 4.79. The Labute approximate surface area is 166 Å². The van der Waals surface area contributed by atoms with Crippen molar-refractivity contribution in [1.82, 2.24) is 14.0 Å². The second-order valence-corrected chi connectivity index (χ2v) is 7.95. The standard InChI is InChI=1S/C20H21N5O2S/c1-22-18(16(11-21)19(26)23(2)20(22)27)25-9-7-24(8-10-25)12-14-13-28-17-6-4-3-5-15(14)17/h3-6,13H,7-10,12H2,1-2H3. The molecule has 4 rings (SSSR count). The summed E-state index contributed by atoms with van der Waals surface area (Å²) in [6, 6.07) is 10.4. The topological polar surface area (TPSA) is 74.3 Å². The van der Waals surface area contributed by atoms with E-state index in [9.17, 15) is 14.9 Å². The summed E-state index contributed by atoms with van der Waals surface area (Å²) in [6.07, 6.45) is 0. The van der Waals surface area contributed by atoms with Crippen LogP contribution in [-0.2, 0) is 20.6 Å². The first-order valence-electron chi connectivity index (χ1n) is 9.13. The van der Waals surface area contributed by atoms with Crippen LogP contribution in [0.15, 0.2) is 39.2 Å². The lowest BCUT2D eigenvalue weighted by molar-refractivity contribution is 0.249. The average molecular weight is 395 g/mol. The van der Waals surface area contributed by atoms with Gasteiger partial charge in [-0.1, -0.05) is 18.2 Å². The Bertz CT molecular complexity index is 1190. The van der Waals surface area contributed by atoms with Gasteiger partial charge in [-0.15, -0.1) is 11.3 Å². The minimum absolute atomic E-state index is 0.0295. The van der Waals surface area contributed by atoms with Crippen LogP contribution in [0.25, 0.3) is 10.1 Å². The molecule has 0 unspecified atom stereocenters. The molecular weight excluding hydrogens is 374 g/mol. The van der Waals surface area contributed by atoms with Crippen LogP contribution in [0.4, 0.5) is 5.82 Å². The molecule has 7 nitrogen and oxygen atoms in total. The van der Waals surface area contributed by atoms with Gasteiger partial charge < -0.3 is 4.90 Å². The van der Waals surface area contributed by atoms with E-state index in [1.165, 1.54) is 27.3 Å². The third kappa shape index (κ3) is 3.03. The van der Waals surface area contributed by atoms with Crippen molar-refractivity contribution in [1.29, 1.82) is 5.26 Å². The molecule has 3 heterocycles. The van der Waals surface area contributed by atoms with Gasteiger partial charge in [0.05, 0.1) is 0 Å². The van der Waals surface area contributed by atoms with Gasteiger partial charge in [0, 0.05) is 51.5 Å². The number of rotatable bonds is 3. The second kappa shape index (κ2) is 7.26. The summed E-state index contributed by atoms with van der Waals surface area (Å²) < 4.78 is 3.69. The molecule has 28 heavy (non-hydrogen) atoms. The summed E-state index contributed by atoms with van der Waals surface area (Å²) in [5.41, 5.74) is 0.411. The summed E-state index contributed by atoms with van der Waals surface area (Å²) in [5.74, 6) is 0.427. The highest BCUT2D eigenvalue weighted by Gasteiger charge is 2.25. The Morgan fingerprint density at radius 1 is 1.07 bits per heavy atom. The fourth-order valence-electron chi connectivity index (χ4n) is 3.82. The molecule has 1 aliphatic heterocycles. The monoisotopic (exact) mass is 395 g/mol. The van der Waals surface area contributed by atoms with Crippen LogP contribution in [0.1, 0.15) is 11.1 Å². The number of piperazine rings is 1. The molecule has 0 spiro atoms. The van der Waals surface area contributed by atoms with Crippen molar-refractivity contribution in [2.24, 2.45) is 14.1 Å². The Morgan fingerprint density at radius 2 is 1.79 bits per heavy atom. The average Bonchev–Trinajstić information content (AvgIpc) is 3.13. The molecular formula is C20H21N5O2S. The highest BCUT2D eigenvalue weighted by molar-refractivity contribution is 7.17. The van der Waals surface area contributed by atoms with Gasteiger partial charge in [-0.25, -0.2) is 4.79 Å². The number of thiophene rings is 1. The molecule has 8 heteroatoms. The zero-order chi connectivity index (χ0) is 19.8. The second-order valence-electron chi connectivity index (χ2n) is 7.04. The maximum absolute atomic E-state index is 12.3. The summed E-state index contributed by atoms with van der Waals surface area (Å²) in [5, 5.41) is 13.0. The highest BCUT2D eigenvalue weighted by Crippen LogP contribution is 2.27. The van der Waals surface area contributed by atoms with E-state index in [0.29, 0.717) is 18.9 Å². The Morgan fingerprint density at radius 3 is 2.50 bits per heavy atom. The molecule has 1 fully saturated rings. The van der Waals surface area contributed by atoms with Gasteiger partial charge in [0.2, 0.25) is 0 Å². The fourth-order valence-corrected chi connectivity index (χ4v) is 4.77. The third-order valence-corrected chi connectivity index (χ3v) is 6.38. The predicted molar refractivity (Wildman–Crippen MR) is 111 cm³/mol. The SMILES string of the molecule is Cn1c(N2CCN(Cc3csc4ccccc34)CC2)c(C#N)c(=O)n(C)c1=O. The number of nitrogens with zero attached hydrogens (tertiary/aromatic N) is 5. The van der Waals surface area contributed by atoms with Crippen LogP contribution in [0.3, 0.4) is 0 Å². The van der Waals surface area contributed by atoms with E-state index in [0.717, 1.165) is 24.2 Å². The molecule has 0 radical (unpaired) electrons. The van der Waals surface area contributed by atoms with E-state index in [4.69, 9.17) is 0 Å². The zero-order valence-corrected chi connectivity index (χ0v) is 16.7. The quantitative estimate of drug-likeness (QED) is 0.672. The van der Waals surface area contributed by atoms with Crippen LogP contribution < -0.4 is 16.1 Å². The Balaban J connectivity index is 1.55. The number of aromatic nitrogens is 2. The van der Waals surface area contributed by atoms with Gasteiger partial charge in [-0.05, 0) is 22.4 Å². The molecule has 3 aromatic rings. The van der Waals surface area contributed by atoms with E-state index in [2.05, 4.69) is 34.5 Å². The van der Waals surface area contributed by atoms with Gasteiger partial charge in [0.15, 0.2) is 5.56 Å². The van der Waals surface area contributed by atoms with E-state index in [1.54, 1.807) is 18.4 Å². The van der Waals surface area contributed by atoms with Crippen molar-refractivity contribution in [3.05, 3.63) is 61.6 Å². The van der Waals surface area contributed by atoms with Gasteiger partial charge in [0.1, 0.15) is 11.9 Å². The summed E-state index contributed by atoms with van der Waals surface area (Å²) >= 11 is 1.76. The number of nitriles is 1. The molecule has 1 saturated heterocycles. The van der Waals surface area contributed by atoms with Crippen molar-refractivity contribution >= 4 is 27.2 Å². The van der Waals surface area contributed by atoms with E-state index < -0.39 is 11.2 Å². The van der Waals surface area contributed by atoms with Crippen LogP contribution >= 0.6 is 11.3 Å². The molecule has 1 aliphatic rings. The molecule has 0 atom stereocenters. The first-order chi connectivity index (χ1) is 13.5. The highest BCUT2D eigenvalue weighted by atomic mass is 32.1. The van der Waals surface area contributed by atoms with E-state index in [1.807, 2.05) is 11.0 Å². The smallest absolute Gasteiger partial charge is 0.332 e. The molecule has 0 amide bonds. The Hall–Kier alpha value is -2.89. The normalized spacial score (nSPS) is 15.1. The molecule has 1 aromatic carbocycles. The van der Waals surface area contributed by atoms with E-state index >= 15 is 0 Å². The van der Waals surface area contributed by atoms with Crippen LogP contribution in [0.2, 0.25) is 0 Å². The molecule has 2 aromatic heterocycles. The van der Waals surface area contributed by atoms with Gasteiger partial charge in [-0.3, -0.25) is 18.8 Å². The largest absolute Gasteiger partial charge is 0.354 e. The van der Waals surface area contributed by atoms with Crippen molar-refractivity contribution in [3.63, 3.8) is 0 Å². The lowest BCUT2D eigenvalue weighted by Gasteiger charge is -2.36. The van der Waals surface area contributed by atoms with Crippen molar-refractivity contribution in [2.75, 3.05) is 31.1 Å². The number of anilines is 1. The first kappa shape index (κ1) is 18.5. The minimum atomic E-state index is -0.534. The fraction of sp³-hybridized carbons (Fsp3) is 0.350. The summed E-state index contributed by atoms with van der Waals surface area (Å²) in [7, 11) is 3.01. The number of fused-ring (bicyclic) bond motifs is 1. The lowest BCUT2D eigenvalue weighted by Crippen LogP contribution is -2.50. The summed E-state index contributed by atoms with van der Waals surface area (Å²) in [6.45, 7) is 3.81. The predicted octanol–water partition coefficient (Wildman–Crippen LogP) is 1.49. The van der Waals surface area contributed by atoms with Gasteiger partial charge in [0.25, 0.3) is 5.56 Å². The third-order valence-electron chi connectivity index (χ3n) is 5.37. The maximum Gasteiger partial charge on any atom is 0.332 e. The van der Waals surface area contributed by atoms with E-state index in [-0.39, 0.29) is 5.56 Å². The van der Waals surface area contributed by atoms with Gasteiger partial charge >= 0.3 is 5.69 Å². The van der Waals surface area contributed by atoms with Crippen molar-refractivity contribution in [2.45, 2.75) is 6.54 Å². The minimum Gasteiger partial charge on any atom is -0.354 e. The number of benzene rings is 1. The first-order valence-corrected chi connectivity index (χ1v) is 10.0. The molecule has 144 valence electrons. The van der Waals surface area contributed by atoms with Crippen LogP contribution in [0, 0.1) is 11.3 Å². The molecule has 0 N–H and O–H groups in total. The van der Waals surface area contributed by atoms with Crippen molar-refractivity contribution < 1.29 is 0 Å². The van der Waals surface area contributed by atoms with Crippen LogP contribution in [0.5, 0.6) is 0 Å².